The second kappa shape index (κ2) is 37.6. The zero-order chi connectivity index (χ0) is 42.3. The van der Waals surface area contributed by atoms with Crippen LogP contribution in [0, 0.1) is 0 Å². The lowest BCUT2D eigenvalue weighted by atomic mass is 10.1. The molecule has 0 spiro atoms. The highest BCUT2D eigenvalue weighted by Gasteiger charge is 2.20. The Labute approximate surface area is 352 Å². The van der Waals surface area contributed by atoms with Gasteiger partial charge in [-0.05, 0) is 49.9 Å². The van der Waals surface area contributed by atoms with Gasteiger partial charge in [0.05, 0.1) is 48.7 Å². The molecule has 2 aromatic rings. The van der Waals surface area contributed by atoms with Crippen LogP contribution in [0.1, 0.15) is 236 Å². The number of hydrogen-bond donors (Lipinski definition) is 0. The first-order chi connectivity index (χ1) is 28.4. The Morgan fingerprint density at radius 1 is 0.293 bits per heavy atom. The van der Waals surface area contributed by atoms with Crippen LogP contribution in [0.3, 0.4) is 0 Å². The van der Waals surface area contributed by atoms with E-state index in [1.807, 2.05) is 13.8 Å². The molecular weight excluding hydrogens is 729 g/mol. The molecule has 0 fully saturated rings. The van der Waals surface area contributed by atoms with Gasteiger partial charge in [-0.25, -0.2) is 19.2 Å². The Bertz CT molecular complexity index is 1240. The fourth-order valence-corrected chi connectivity index (χ4v) is 6.47. The number of unbranched alkanes of at least 4 members (excludes halogenated alkanes) is 22. The molecule has 0 radical (unpaired) electrons. The maximum absolute atomic E-state index is 12.6. The average Bonchev–Trinajstić information content (AvgIpc) is 3.24. The summed E-state index contributed by atoms with van der Waals surface area (Å²) in [4.78, 5) is 49.1. The molecule has 0 saturated carbocycles. The van der Waals surface area contributed by atoms with Gasteiger partial charge in [0.25, 0.3) is 0 Å². The topological polar surface area (TPSA) is 105 Å². The van der Waals surface area contributed by atoms with Crippen LogP contribution >= 0.6 is 0 Å². The fraction of sp³-hybridized carbons (Fsp3) is 0.680. The van der Waals surface area contributed by atoms with Gasteiger partial charge >= 0.3 is 23.9 Å². The van der Waals surface area contributed by atoms with Crippen molar-refractivity contribution in [2.24, 2.45) is 0 Å². The molecular formula is C50H80O8. The number of rotatable bonds is 34. The Morgan fingerprint density at radius 2 is 0.483 bits per heavy atom. The number of carbonyl (C=O) groups excluding carboxylic acids is 4. The summed E-state index contributed by atoms with van der Waals surface area (Å²) in [7, 11) is 0. The maximum Gasteiger partial charge on any atom is 0.339 e. The molecule has 8 nitrogen and oxygen atoms in total. The molecule has 8 heteroatoms. The third-order valence-corrected chi connectivity index (χ3v) is 10.2. The second-order valence-electron chi connectivity index (χ2n) is 15.4. The highest BCUT2D eigenvalue weighted by molar-refractivity contribution is 6.03. The van der Waals surface area contributed by atoms with Crippen LogP contribution in [-0.4, -0.2) is 50.3 Å². The van der Waals surface area contributed by atoms with Crippen molar-refractivity contribution >= 4 is 23.9 Å². The van der Waals surface area contributed by atoms with E-state index >= 15 is 0 Å². The molecule has 0 aliphatic heterocycles. The van der Waals surface area contributed by atoms with E-state index in [2.05, 4.69) is 13.8 Å². The van der Waals surface area contributed by atoms with Crippen LogP contribution in [0.15, 0.2) is 48.5 Å². The van der Waals surface area contributed by atoms with Gasteiger partial charge in [0.2, 0.25) is 0 Å². The predicted octanol–water partition coefficient (Wildman–Crippen LogP) is 14.2. The first kappa shape index (κ1) is 52.3. The van der Waals surface area contributed by atoms with Crippen LogP contribution in [0.25, 0.3) is 0 Å². The highest BCUT2D eigenvalue weighted by atomic mass is 16.5. The van der Waals surface area contributed by atoms with Crippen LogP contribution in [0.4, 0.5) is 0 Å². The average molecular weight is 809 g/mol. The number of esters is 4. The van der Waals surface area contributed by atoms with E-state index in [4.69, 9.17) is 18.9 Å². The molecule has 0 heterocycles. The summed E-state index contributed by atoms with van der Waals surface area (Å²) in [5.41, 5.74) is 1.15. The second-order valence-corrected chi connectivity index (χ2v) is 15.4. The number of carbonyl (C=O) groups is 4. The van der Waals surface area contributed by atoms with Crippen LogP contribution < -0.4 is 0 Å². The van der Waals surface area contributed by atoms with Gasteiger partial charge in [-0.1, -0.05) is 193 Å². The first-order valence-corrected chi connectivity index (χ1v) is 23.3. The van der Waals surface area contributed by atoms with E-state index in [0.29, 0.717) is 37.6 Å². The van der Waals surface area contributed by atoms with Gasteiger partial charge in [0.15, 0.2) is 0 Å². The molecule has 0 aliphatic rings. The lowest BCUT2D eigenvalue weighted by Crippen LogP contribution is -2.15. The van der Waals surface area contributed by atoms with Crippen molar-refractivity contribution in [2.45, 2.75) is 195 Å². The molecule has 0 saturated heterocycles. The molecule has 0 aromatic heterocycles. The summed E-state index contributed by atoms with van der Waals surface area (Å²) in [5.74, 6) is -1.80. The Kier molecular flexibility index (Phi) is 33.9. The molecule has 2 rings (SSSR count). The molecule has 2 aromatic carbocycles. The highest BCUT2D eigenvalue weighted by Crippen LogP contribution is 2.16. The van der Waals surface area contributed by atoms with Gasteiger partial charge in [0.1, 0.15) is 0 Å². The summed E-state index contributed by atoms with van der Waals surface area (Å²) in [5, 5.41) is 0. The zero-order valence-corrected chi connectivity index (χ0v) is 37.1. The van der Waals surface area contributed by atoms with Gasteiger partial charge in [-0.15, -0.1) is 0 Å². The standard InChI is InChI=1S/C34H58O4.C16H22O4/c1-3-5-7-9-11-13-15-17-19-21-25-29-37-33(35)31-27-23-24-28-32(31)34(36)38-30-26-22-20-18-16-14-12-10-8-6-4-2;1-3-5-11-19-15(17)13-9-7-8-10-14(13)16(18)20-12-6-4-2/h23-24,27-28H,3-22,25-26,29-30H2,1-2H3;7-10H,3-6,11-12H2,1-2H3. The van der Waals surface area contributed by atoms with Crippen molar-refractivity contribution in [3.8, 4) is 0 Å². The number of benzene rings is 2. The lowest BCUT2D eigenvalue weighted by Gasteiger charge is -2.10. The van der Waals surface area contributed by atoms with E-state index < -0.39 is 23.9 Å². The summed E-state index contributed by atoms with van der Waals surface area (Å²) in [6.45, 7) is 10.1. The molecule has 0 amide bonds. The van der Waals surface area contributed by atoms with Gasteiger partial charge < -0.3 is 18.9 Å². The van der Waals surface area contributed by atoms with E-state index in [9.17, 15) is 19.2 Å². The molecule has 0 aliphatic carbocycles. The summed E-state index contributed by atoms with van der Waals surface area (Å²) >= 11 is 0. The molecule has 0 unspecified atom stereocenters. The van der Waals surface area contributed by atoms with E-state index in [-0.39, 0.29) is 11.1 Å². The minimum atomic E-state index is -0.471. The number of ether oxygens (including phenoxy) is 4. The number of hydrogen-bond acceptors (Lipinski definition) is 8. The van der Waals surface area contributed by atoms with E-state index in [1.165, 1.54) is 116 Å². The first-order valence-electron chi connectivity index (χ1n) is 23.3. The minimum absolute atomic E-state index is 0.269. The Morgan fingerprint density at radius 3 is 0.707 bits per heavy atom. The zero-order valence-electron chi connectivity index (χ0n) is 37.1. The summed E-state index contributed by atoms with van der Waals surface area (Å²) in [6.07, 6.45) is 31.2. The summed E-state index contributed by atoms with van der Waals surface area (Å²) < 4.78 is 21.2. The van der Waals surface area contributed by atoms with E-state index in [0.717, 1.165) is 51.4 Å². The SMILES string of the molecule is CCCCCCCCCCCCCOC(=O)c1ccccc1C(=O)OCCCCCCCCCCCCC.CCCCOC(=O)c1ccccc1C(=O)OCCCC. The molecule has 0 atom stereocenters. The molecule has 0 N–H and O–H groups in total. The molecule has 0 bridgehead atoms. The quantitative estimate of drug-likeness (QED) is 0.0391. The normalized spacial score (nSPS) is 10.7. The van der Waals surface area contributed by atoms with Crippen molar-refractivity contribution in [1.29, 1.82) is 0 Å². The monoisotopic (exact) mass is 809 g/mol. The van der Waals surface area contributed by atoms with Crippen molar-refractivity contribution in [3.05, 3.63) is 70.8 Å². The van der Waals surface area contributed by atoms with E-state index in [1.54, 1.807) is 48.5 Å². The van der Waals surface area contributed by atoms with Crippen molar-refractivity contribution < 1.29 is 38.1 Å². The lowest BCUT2D eigenvalue weighted by molar-refractivity contribution is 0.0450. The minimum Gasteiger partial charge on any atom is -0.462 e. The third-order valence-electron chi connectivity index (χ3n) is 10.2. The van der Waals surface area contributed by atoms with Gasteiger partial charge in [-0.2, -0.15) is 0 Å². The van der Waals surface area contributed by atoms with Gasteiger partial charge in [-0.3, -0.25) is 0 Å². The van der Waals surface area contributed by atoms with Crippen LogP contribution in [0.5, 0.6) is 0 Å². The predicted molar refractivity (Wildman–Crippen MR) is 237 cm³/mol. The van der Waals surface area contributed by atoms with Crippen molar-refractivity contribution in [3.63, 3.8) is 0 Å². The Hall–Kier alpha value is -3.68. The molecule has 328 valence electrons. The van der Waals surface area contributed by atoms with Gasteiger partial charge in [0, 0.05) is 0 Å². The Balaban J connectivity index is 0.000000704. The van der Waals surface area contributed by atoms with Crippen LogP contribution in [-0.2, 0) is 18.9 Å². The molecule has 58 heavy (non-hydrogen) atoms. The van der Waals surface area contributed by atoms with Crippen molar-refractivity contribution in [2.75, 3.05) is 26.4 Å². The van der Waals surface area contributed by atoms with Crippen LogP contribution in [0.2, 0.25) is 0 Å². The third kappa shape index (κ3) is 26.3. The largest absolute Gasteiger partial charge is 0.462 e. The van der Waals surface area contributed by atoms with Crippen molar-refractivity contribution in [1.82, 2.24) is 0 Å². The fourth-order valence-electron chi connectivity index (χ4n) is 6.47. The summed E-state index contributed by atoms with van der Waals surface area (Å²) in [6, 6.07) is 13.4. The maximum atomic E-state index is 12.6. The smallest absolute Gasteiger partial charge is 0.339 e.